The molecule has 0 aromatic rings. The third-order valence-electron chi connectivity index (χ3n) is 6.70. The smallest absolute Gasteiger partial charge is 0.308 e. The van der Waals surface area contributed by atoms with Crippen LogP contribution in [0.1, 0.15) is 90.9 Å². The number of esters is 1. The number of ether oxygens (including phenoxy) is 2. The Hall–Kier alpha value is -1.98. The molecule has 0 amide bonds. The van der Waals surface area contributed by atoms with E-state index in [1.54, 1.807) is 0 Å². The second-order valence-corrected chi connectivity index (χ2v) is 9.74. The number of hydrogen-bond donors (Lipinski definition) is 0. The summed E-state index contributed by atoms with van der Waals surface area (Å²) in [5.41, 5.74) is -0.524. The largest absolute Gasteiger partial charge is 0.436 e. The molecule has 1 saturated heterocycles. The summed E-state index contributed by atoms with van der Waals surface area (Å²) in [5.74, 6) is -0.189. The minimum atomic E-state index is -0.590. The number of unbranched alkanes of at least 4 members (excludes halogenated alkanes) is 5. The Bertz CT molecular complexity index is 740. The van der Waals surface area contributed by atoms with Crippen LogP contribution in [0.2, 0.25) is 0 Å². The topological polar surface area (TPSA) is 51.1 Å². The van der Waals surface area contributed by atoms with Crippen LogP contribution in [-0.4, -0.2) is 55.2 Å². The van der Waals surface area contributed by atoms with Crippen molar-refractivity contribution >= 4 is 12.2 Å². The number of likely N-dealkylation sites (tertiary alicyclic amines) is 1. The highest BCUT2D eigenvalue weighted by Crippen LogP contribution is 2.33. The van der Waals surface area contributed by atoms with E-state index in [2.05, 4.69) is 66.4 Å². The van der Waals surface area contributed by atoms with Crippen molar-refractivity contribution in [2.45, 2.75) is 109 Å². The van der Waals surface area contributed by atoms with Crippen molar-refractivity contribution in [1.82, 2.24) is 4.90 Å². The fourth-order valence-corrected chi connectivity index (χ4v) is 4.81. The molecule has 0 saturated carbocycles. The summed E-state index contributed by atoms with van der Waals surface area (Å²) in [6.07, 6.45) is 31.2. The first kappa shape index (κ1) is 29.3. The fourth-order valence-electron chi connectivity index (χ4n) is 4.81. The Morgan fingerprint density at radius 3 is 2.37 bits per heavy atom. The maximum absolute atomic E-state index is 12.3. The highest BCUT2D eigenvalue weighted by atomic mass is 16.7. The number of carbonyl (C=O) groups is 1. The standard InChI is InChI=1S/C30H48N2O3/c1-4-5-6-7-8-9-10-11-12-13-14-15-16-17-18-22-29(33)34-27(2)35-30(23-20-24-31-26-30)28-21-19-25-32(28)3/h8-9,11-12,14-15,20,23-24,27-28H,4-7,10,13,16-19,21-22,25-26H2,1-3H3/b9-8-,12-11-,15-14-/t27?,28-,30?/m0/s1. The highest BCUT2D eigenvalue weighted by molar-refractivity contribution is 5.72. The molecule has 2 aliphatic heterocycles. The molecule has 0 aromatic heterocycles. The molecular weight excluding hydrogens is 436 g/mol. The van der Waals surface area contributed by atoms with E-state index < -0.39 is 11.9 Å². The monoisotopic (exact) mass is 484 g/mol. The Morgan fingerprint density at radius 2 is 1.77 bits per heavy atom. The SMILES string of the molecule is CCCCC/C=C\C/C=C\C/C=C\CCCCC(=O)OC(C)OC1([C@@H]2CCCN2C)C=CC=NC1. The normalized spacial score (nSPS) is 23.8. The lowest BCUT2D eigenvalue weighted by molar-refractivity contribution is -0.204. The Morgan fingerprint density at radius 1 is 1.09 bits per heavy atom. The molecule has 0 aromatic carbocycles. The van der Waals surface area contributed by atoms with Crippen LogP contribution >= 0.6 is 0 Å². The number of aliphatic imine (C=N–C) groups is 1. The van der Waals surface area contributed by atoms with E-state index in [1.165, 1.54) is 25.7 Å². The number of dihydropyridines is 1. The average molecular weight is 485 g/mol. The van der Waals surface area contributed by atoms with Crippen molar-refractivity contribution in [3.63, 3.8) is 0 Å². The second-order valence-electron chi connectivity index (χ2n) is 9.74. The van der Waals surface area contributed by atoms with Crippen LogP contribution in [0.3, 0.4) is 0 Å². The first-order chi connectivity index (χ1) is 17.1. The van der Waals surface area contributed by atoms with Gasteiger partial charge >= 0.3 is 5.97 Å². The van der Waals surface area contributed by atoms with Gasteiger partial charge in [0, 0.05) is 18.7 Å². The van der Waals surface area contributed by atoms with Crippen molar-refractivity contribution in [3.8, 4) is 0 Å². The van der Waals surface area contributed by atoms with E-state index in [9.17, 15) is 4.79 Å². The molecule has 0 N–H and O–H groups in total. The van der Waals surface area contributed by atoms with Crippen LogP contribution in [0.4, 0.5) is 0 Å². The van der Waals surface area contributed by atoms with E-state index in [0.29, 0.717) is 13.0 Å². The van der Waals surface area contributed by atoms with Gasteiger partial charge in [0.2, 0.25) is 6.29 Å². The van der Waals surface area contributed by atoms with Gasteiger partial charge in [-0.15, -0.1) is 0 Å². The van der Waals surface area contributed by atoms with Gasteiger partial charge in [-0.05, 0) is 90.5 Å². The van der Waals surface area contributed by atoms with Crippen molar-refractivity contribution in [3.05, 3.63) is 48.6 Å². The average Bonchev–Trinajstić information content (AvgIpc) is 3.28. The van der Waals surface area contributed by atoms with Crippen molar-refractivity contribution in [2.75, 3.05) is 20.1 Å². The fraction of sp³-hybridized carbons (Fsp3) is 0.667. The van der Waals surface area contributed by atoms with Gasteiger partial charge in [-0.2, -0.15) is 0 Å². The summed E-state index contributed by atoms with van der Waals surface area (Å²) in [6, 6.07) is 0.256. The Kier molecular flexibility index (Phi) is 14.6. The van der Waals surface area contributed by atoms with Crippen molar-refractivity contribution < 1.29 is 14.3 Å². The summed E-state index contributed by atoms with van der Waals surface area (Å²) in [7, 11) is 2.13. The quantitative estimate of drug-likeness (QED) is 0.0969. The van der Waals surface area contributed by atoms with Gasteiger partial charge in [0.05, 0.1) is 6.54 Å². The van der Waals surface area contributed by atoms with Crippen LogP contribution in [0.5, 0.6) is 0 Å². The zero-order valence-corrected chi connectivity index (χ0v) is 22.4. The van der Waals surface area contributed by atoms with E-state index in [4.69, 9.17) is 9.47 Å². The maximum atomic E-state index is 12.3. The van der Waals surface area contributed by atoms with Crippen LogP contribution in [-0.2, 0) is 14.3 Å². The molecule has 5 nitrogen and oxygen atoms in total. The first-order valence-corrected chi connectivity index (χ1v) is 13.8. The second kappa shape index (κ2) is 17.4. The molecule has 0 aliphatic carbocycles. The Labute approximate surface area is 214 Å². The van der Waals surface area contributed by atoms with Crippen LogP contribution < -0.4 is 0 Å². The predicted octanol–water partition coefficient (Wildman–Crippen LogP) is 6.96. The molecule has 0 bridgehead atoms. The van der Waals surface area contributed by atoms with Gasteiger partial charge in [-0.3, -0.25) is 9.79 Å². The van der Waals surface area contributed by atoms with E-state index >= 15 is 0 Å². The molecule has 0 radical (unpaired) electrons. The summed E-state index contributed by atoms with van der Waals surface area (Å²) >= 11 is 0. The minimum Gasteiger partial charge on any atom is -0.436 e. The summed E-state index contributed by atoms with van der Waals surface area (Å²) < 4.78 is 11.9. The lowest BCUT2D eigenvalue weighted by Crippen LogP contribution is -2.53. The van der Waals surface area contributed by atoms with Crippen molar-refractivity contribution in [2.24, 2.45) is 4.99 Å². The molecule has 196 valence electrons. The zero-order chi connectivity index (χ0) is 25.2. The van der Waals surface area contributed by atoms with Crippen LogP contribution in [0.25, 0.3) is 0 Å². The van der Waals surface area contributed by atoms with Gasteiger partial charge in [-0.25, -0.2) is 0 Å². The first-order valence-electron chi connectivity index (χ1n) is 13.8. The molecule has 5 heteroatoms. The van der Waals surface area contributed by atoms with Crippen LogP contribution in [0.15, 0.2) is 53.6 Å². The van der Waals surface area contributed by atoms with Gasteiger partial charge in [0.25, 0.3) is 0 Å². The number of allylic oxidation sites excluding steroid dienone is 7. The number of carbonyl (C=O) groups excluding carboxylic acids is 1. The molecule has 2 rings (SSSR count). The molecular formula is C30H48N2O3. The zero-order valence-electron chi connectivity index (χ0n) is 22.4. The summed E-state index contributed by atoms with van der Waals surface area (Å²) in [6.45, 7) is 5.68. The molecule has 1 fully saturated rings. The summed E-state index contributed by atoms with van der Waals surface area (Å²) in [4.78, 5) is 19.1. The van der Waals surface area contributed by atoms with Gasteiger partial charge in [0.15, 0.2) is 0 Å². The predicted molar refractivity (Wildman–Crippen MR) is 147 cm³/mol. The minimum absolute atomic E-state index is 0.189. The number of rotatable bonds is 17. The number of nitrogens with zero attached hydrogens (tertiary/aromatic N) is 2. The molecule has 2 aliphatic rings. The molecule has 3 atom stereocenters. The molecule has 2 unspecified atom stereocenters. The van der Waals surface area contributed by atoms with E-state index in [-0.39, 0.29) is 12.0 Å². The maximum Gasteiger partial charge on any atom is 0.308 e. The lowest BCUT2D eigenvalue weighted by Gasteiger charge is -2.41. The van der Waals surface area contributed by atoms with E-state index in [1.807, 2.05) is 19.2 Å². The van der Waals surface area contributed by atoms with Gasteiger partial charge in [-0.1, -0.05) is 56.2 Å². The van der Waals surface area contributed by atoms with Crippen LogP contribution in [0, 0.1) is 0 Å². The highest BCUT2D eigenvalue weighted by Gasteiger charge is 2.44. The third kappa shape index (κ3) is 11.5. The molecule has 0 spiro atoms. The number of hydrogen-bond acceptors (Lipinski definition) is 5. The van der Waals surface area contributed by atoms with E-state index in [0.717, 1.165) is 51.5 Å². The summed E-state index contributed by atoms with van der Waals surface area (Å²) in [5, 5.41) is 0. The molecule has 35 heavy (non-hydrogen) atoms. The molecule has 2 heterocycles. The Balaban J connectivity index is 1.56. The van der Waals surface area contributed by atoms with Crippen molar-refractivity contribution in [1.29, 1.82) is 0 Å². The third-order valence-corrected chi connectivity index (χ3v) is 6.70. The van der Waals surface area contributed by atoms with Gasteiger partial charge < -0.3 is 14.4 Å². The lowest BCUT2D eigenvalue weighted by atomic mass is 9.90. The van der Waals surface area contributed by atoms with Gasteiger partial charge in [0.1, 0.15) is 5.60 Å². The number of likely N-dealkylation sites (N-methyl/N-ethyl adjacent to an activating group) is 1.